The maximum atomic E-state index is 14.3. The number of fused-ring (bicyclic) bond motifs is 2. The van der Waals surface area contributed by atoms with Crippen molar-refractivity contribution in [2.45, 2.75) is 97.6 Å². The Morgan fingerprint density at radius 1 is 1.05 bits per heavy atom. The molecule has 0 fully saturated rings. The number of rotatable bonds is 15. The fourth-order valence-corrected chi connectivity index (χ4v) is 7.12. The van der Waals surface area contributed by atoms with Crippen LogP contribution in [0.4, 0.5) is 16.2 Å². The first kappa shape index (κ1) is 43.5. The lowest BCUT2D eigenvalue weighted by Crippen LogP contribution is -2.59. The summed E-state index contributed by atoms with van der Waals surface area (Å²) in [6.45, 7) is 20.5. The lowest BCUT2D eigenvalue weighted by molar-refractivity contribution is -0.154. The highest BCUT2D eigenvalue weighted by Gasteiger charge is 2.51. The number of hydrazine groups is 1. The lowest BCUT2D eigenvalue weighted by atomic mass is 9.99. The van der Waals surface area contributed by atoms with Crippen molar-refractivity contribution < 1.29 is 47.7 Å². The van der Waals surface area contributed by atoms with E-state index in [1.165, 1.54) is 30.2 Å². The molecule has 0 aromatic heterocycles. The molecule has 3 amide bonds. The molecule has 304 valence electrons. The second-order valence-electron chi connectivity index (χ2n) is 15.8. The van der Waals surface area contributed by atoms with E-state index in [4.69, 9.17) is 18.6 Å². The first-order valence-electron chi connectivity index (χ1n) is 18.5. The number of benzene rings is 2. The van der Waals surface area contributed by atoms with Gasteiger partial charge in [0.1, 0.15) is 25.3 Å². The van der Waals surface area contributed by atoms with Gasteiger partial charge in [0.25, 0.3) is 11.7 Å². The molecule has 2 aromatic carbocycles. The molecule has 2 heterocycles. The third kappa shape index (κ3) is 9.60. The molecule has 0 aliphatic carbocycles. The molecule has 5 atom stereocenters. The van der Waals surface area contributed by atoms with Crippen LogP contribution in [-0.2, 0) is 34.9 Å². The summed E-state index contributed by atoms with van der Waals surface area (Å²) in [5, 5.41) is 13.2. The first-order valence-corrected chi connectivity index (χ1v) is 21.4. The highest BCUT2D eigenvalue weighted by atomic mass is 28.4. The Morgan fingerprint density at radius 2 is 1.71 bits per heavy atom. The summed E-state index contributed by atoms with van der Waals surface area (Å²) in [6, 6.07) is 7.18. The largest absolute Gasteiger partial charge is 0.504 e. The molecule has 2 aliphatic heterocycles. The van der Waals surface area contributed by atoms with Gasteiger partial charge in [-0.25, -0.2) is 19.9 Å². The summed E-state index contributed by atoms with van der Waals surface area (Å²) >= 11 is 0. The topological polar surface area (TPSA) is 185 Å². The fraction of sp³-hybridized carbons (Fsp3) is 0.475. The van der Waals surface area contributed by atoms with Crippen molar-refractivity contribution in [1.29, 1.82) is 0 Å². The van der Waals surface area contributed by atoms with Gasteiger partial charge in [-0.15, -0.1) is 0 Å². The highest BCUT2D eigenvalue weighted by molar-refractivity contribution is 6.74. The van der Waals surface area contributed by atoms with Crippen LogP contribution in [0.25, 0.3) is 0 Å². The van der Waals surface area contributed by atoms with E-state index in [1.54, 1.807) is 56.1 Å². The van der Waals surface area contributed by atoms with Gasteiger partial charge in [-0.05, 0) is 54.7 Å². The molecule has 0 radical (unpaired) electrons. The molecule has 2 aliphatic rings. The van der Waals surface area contributed by atoms with Crippen molar-refractivity contribution in [2.75, 3.05) is 24.0 Å². The molecule has 0 spiro atoms. The van der Waals surface area contributed by atoms with Gasteiger partial charge in [-0.3, -0.25) is 14.4 Å². The average Bonchev–Trinajstić information content (AvgIpc) is 3.49. The molecule has 0 saturated heterocycles. The third-order valence-electron chi connectivity index (χ3n) is 10.3. The van der Waals surface area contributed by atoms with E-state index >= 15 is 0 Å². The predicted octanol–water partition coefficient (Wildman–Crippen LogP) is 5.62. The van der Waals surface area contributed by atoms with E-state index in [1.807, 2.05) is 13.0 Å². The first-order chi connectivity index (χ1) is 26.2. The van der Waals surface area contributed by atoms with Crippen LogP contribution < -0.4 is 25.8 Å². The molecule has 2 aromatic rings. The van der Waals surface area contributed by atoms with Crippen molar-refractivity contribution in [2.24, 2.45) is 11.8 Å². The number of nitrogens with zero attached hydrogens (tertiary/aromatic N) is 2. The van der Waals surface area contributed by atoms with Crippen molar-refractivity contribution in [1.82, 2.24) is 15.6 Å². The van der Waals surface area contributed by atoms with Crippen molar-refractivity contribution in [3.8, 4) is 11.5 Å². The van der Waals surface area contributed by atoms with Gasteiger partial charge in [-0.1, -0.05) is 72.4 Å². The van der Waals surface area contributed by atoms with Gasteiger partial charge in [0, 0.05) is 23.9 Å². The minimum absolute atomic E-state index is 0.0801. The molecule has 0 saturated carbocycles. The van der Waals surface area contributed by atoms with Crippen LogP contribution in [0.5, 0.6) is 11.5 Å². The van der Waals surface area contributed by atoms with Crippen molar-refractivity contribution >= 4 is 49.4 Å². The molecule has 4 rings (SSSR count). The molecular weight excluding hydrogens is 739 g/mol. The summed E-state index contributed by atoms with van der Waals surface area (Å²) < 4.78 is 23.1. The van der Waals surface area contributed by atoms with Crippen LogP contribution in [0.3, 0.4) is 0 Å². The van der Waals surface area contributed by atoms with Crippen LogP contribution in [-0.4, -0.2) is 86.1 Å². The second kappa shape index (κ2) is 17.7. The van der Waals surface area contributed by atoms with Gasteiger partial charge in [0.15, 0.2) is 26.0 Å². The summed E-state index contributed by atoms with van der Waals surface area (Å²) in [5.74, 6) is -3.52. The number of aromatic hydroxyl groups is 1. The van der Waals surface area contributed by atoms with E-state index in [0.29, 0.717) is 11.3 Å². The number of hydrogen-bond donors (Lipinski definition) is 4. The number of amides is 3. The molecule has 3 unspecified atom stereocenters. The highest BCUT2D eigenvalue weighted by Crippen LogP contribution is 2.45. The SMILES string of the molecule is C=CCOC(=O)C(=O)C(NC(=O)C(C)NNc1ccc(COC(=O)N2c3cc(O)c(OC)cc3C(=O)N3C=CC(C)[C@H]3[C@@H]2O[Si](C)(C)C(C)(C)C)cc1)C(C)C. The Hall–Kier alpha value is -5.19. The van der Waals surface area contributed by atoms with Crippen LogP contribution in [0.1, 0.15) is 64.4 Å². The van der Waals surface area contributed by atoms with Crippen LogP contribution in [0, 0.1) is 11.8 Å². The number of hydrogen-bond acceptors (Lipinski definition) is 12. The smallest absolute Gasteiger partial charge is 0.416 e. The van der Waals surface area contributed by atoms with Gasteiger partial charge in [-0.2, -0.15) is 0 Å². The molecule has 4 N–H and O–H groups in total. The Kier molecular flexibility index (Phi) is 13.8. The van der Waals surface area contributed by atoms with Crippen LogP contribution >= 0.6 is 0 Å². The Bertz CT molecular complexity index is 1840. The van der Waals surface area contributed by atoms with Gasteiger partial charge < -0.3 is 39.4 Å². The zero-order chi connectivity index (χ0) is 41.7. The molecule has 56 heavy (non-hydrogen) atoms. The number of carbonyl (C=O) groups excluding carboxylic acids is 5. The molecule has 15 nitrogen and oxygen atoms in total. The average molecular weight is 794 g/mol. The number of Topliss-reactive ketones (excluding diaryl/α,β-unsaturated/α-hetero) is 1. The Balaban J connectivity index is 1.51. The van der Waals surface area contributed by atoms with Crippen LogP contribution in [0.2, 0.25) is 18.1 Å². The fourth-order valence-electron chi connectivity index (χ4n) is 5.92. The zero-order valence-corrected chi connectivity index (χ0v) is 34.8. The number of phenols is 1. The van der Waals surface area contributed by atoms with Crippen molar-refractivity contribution in [3.63, 3.8) is 0 Å². The number of nitrogens with one attached hydrogen (secondary N) is 3. The Morgan fingerprint density at radius 3 is 2.30 bits per heavy atom. The number of phenolic OH excluding ortho intramolecular Hbond substituents is 1. The van der Waals surface area contributed by atoms with E-state index in [9.17, 15) is 29.1 Å². The number of carbonyl (C=O) groups is 5. The Labute approximate surface area is 329 Å². The molecule has 16 heteroatoms. The summed E-state index contributed by atoms with van der Waals surface area (Å²) in [4.78, 5) is 68.9. The summed E-state index contributed by atoms with van der Waals surface area (Å²) in [5.41, 5.74) is 7.32. The number of ketones is 1. The standard InChI is InChI=1S/C40H55N5O10Si/c1-12-19-53-38(50)34(47)32(23(2)3)41-35(48)25(5)42-43-27-15-13-26(14-16-27)22-54-39(51)45-29-21-30(46)31(52-9)20-28(29)36(49)44-18-17-24(4)33(44)37(45)55-56(10,11)40(6,7)8/h12-18,20-21,23-25,32-33,37,42-43,46H,1,19,22H2,2-11H3,(H,41,48)/t24?,25?,32?,33-,37-/m0/s1. The number of methoxy groups -OCH3 is 1. The monoisotopic (exact) mass is 793 g/mol. The number of anilines is 2. The second-order valence-corrected chi connectivity index (χ2v) is 20.6. The van der Waals surface area contributed by atoms with Gasteiger partial charge >= 0.3 is 12.1 Å². The minimum atomic E-state index is -2.59. The van der Waals surface area contributed by atoms with E-state index < -0.39 is 56.4 Å². The van der Waals surface area contributed by atoms with E-state index in [0.717, 1.165) is 0 Å². The molecule has 0 bridgehead atoms. The normalized spacial score (nSPS) is 19.0. The predicted molar refractivity (Wildman–Crippen MR) is 213 cm³/mol. The van der Waals surface area contributed by atoms with Crippen molar-refractivity contribution in [3.05, 3.63) is 72.5 Å². The van der Waals surface area contributed by atoms with Gasteiger partial charge in [0.2, 0.25) is 5.91 Å². The number of esters is 1. The summed E-state index contributed by atoms with van der Waals surface area (Å²) in [6.07, 6.45) is 3.23. The van der Waals surface area contributed by atoms with E-state index in [2.05, 4.69) is 56.6 Å². The van der Waals surface area contributed by atoms with E-state index in [-0.39, 0.29) is 58.7 Å². The van der Waals surface area contributed by atoms with Gasteiger partial charge in [0.05, 0.1) is 24.4 Å². The summed E-state index contributed by atoms with van der Waals surface area (Å²) in [7, 11) is -1.21. The minimum Gasteiger partial charge on any atom is -0.504 e. The maximum Gasteiger partial charge on any atom is 0.416 e. The molecular formula is C40H55N5O10Si. The van der Waals surface area contributed by atoms with Crippen LogP contribution in [0.15, 0.2) is 61.3 Å². The maximum absolute atomic E-state index is 14.3. The lowest BCUT2D eigenvalue weighted by Gasteiger charge is -2.45. The quantitative estimate of drug-likeness (QED) is 0.0575. The zero-order valence-electron chi connectivity index (χ0n) is 33.8. The third-order valence-corrected chi connectivity index (χ3v) is 14.8. The number of ether oxygens (including phenoxy) is 3.